The maximum absolute atomic E-state index is 5.57. The minimum Gasteiger partial charge on any atom is -0.345 e. The van der Waals surface area contributed by atoms with Crippen molar-refractivity contribution in [3.8, 4) is 0 Å². The summed E-state index contributed by atoms with van der Waals surface area (Å²) in [5, 5.41) is 0. The second-order valence-electron chi connectivity index (χ2n) is 3.63. The van der Waals surface area contributed by atoms with Crippen LogP contribution in [0.15, 0.2) is 41.1 Å². The zero-order valence-electron chi connectivity index (χ0n) is 8.94. The molecule has 4 heteroatoms. The Hall–Kier alpha value is -1.13. The van der Waals surface area contributed by atoms with Crippen molar-refractivity contribution < 1.29 is 0 Å². The van der Waals surface area contributed by atoms with Crippen molar-refractivity contribution in [2.45, 2.75) is 13.0 Å². The predicted octanol–water partition coefficient (Wildman–Crippen LogP) is 2.20. The fraction of sp³-hybridized carbons (Fsp3) is 0.250. The second-order valence-corrected chi connectivity index (χ2v) is 4.55. The molecule has 0 spiro atoms. The molecule has 0 bridgehead atoms. The fourth-order valence-corrected chi connectivity index (χ4v) is 1.89. The summed E-state index contributed by atoms with van der Waals surface area (Å²) in [6.07, 6.45) is 4.79. The van der Waals surface area contributed by atoms with E-state index < -0.39 is 0 Å². The Bertz CT molecular complexity index is 448. The molecule has 2 heterocycles. The molecule has 84 valence electrons. The zero-order valence-corrected chi connectivity index (χ0v) is 10.5. The van der Waals surface area contributed by atoms with Crippen LogP contribution in [0.5, 0.6) is 0 Å². The van der Waals surface area contributed by atoms with Crippen molar-refractivity contribution in [2.24, 2.45) is 5.73 Å². The molecule has 0 unspecified atom stereocenters. The highest BCUT2D eigenvalue weighted by Crippen LogP contribution is 2.10. The minimum atomic E-state index is 0.678. The molecule has 0 saturated carbocycles. The van der Waals surface area contributed by atoms with Gasteiger partial charge in [-0.05, 0) is 53.2 Å². The molecule has 16 heavy (non-hydrogen) atoms. The molecule has 2 rings (SSSR count). The highest BCUT2D eigenvalue weighted by molar-refractivity contribution is 9.10. The smallest absolute Gasteiger partial charge is 0.0645 e. The number of pyridine rings is 1. The van der Waals surface area contributed by atoms with Crippen LogP contribution in [0, 0.1) is 0 Å². The Balaban J connectivity index is 2.13. The van der Waals surface area contributed by atoms with Gasteiger partial charge in [0.15, 0.2) is 0 Å². The van der Waals surface area contributed by atoms with Gasteiger partial charge in [0.05, 0.1) is 12.2 Å². The van der Waals surface area contributed by atoms with Crippen molar-refractivity contribution in [1.82, 2.24) is 9.55 Å². The van der Waals surface area contributed by atoms with Gasteiger partial charge in [-0.3, -0.25) is 4.98 Å². The molecule has 2 aromatic rings. The van der Waals surface area contributed by atoms with Gasteiger partial charge in [0.1, 0.15) is 0 Å². The lowest BCUT2D eigenvalue weighted by molar-refractivity contribution is 0.721. The number of hydrogen-bond acceptors (Lipinski definition) is 2. The Morgan fingerprint density at radius 2 is 2.19 bits per heavy atom. The number of nitrogens with zero attached hydrogens (tertiary/aromatic N) is 2. The lowest BCUT2D eigenvalue weighted by Gasteiger charge is -2.07. The van der Waals surface area contributed by atoms with Crippen molar-refractivity contribution in [1.29, 1.82) is 0 Å². The molecule has 2 N–H and O–H groups in total. The van der Waals surface area contributed by atoms with Crippen LogP contribution in [0.1, 0.15) is 11.4 Å². The van der Waals surface area contributed by atoms with Gasteiger partial charge in [0, 0.05) is 22.6 Å². The molecule has 0 aliphatic carbocycles. The van der Waals surface area contributed by atoms with E-state index in [0.29, 0.717) is 6.54 Å². The summed E-state index contributed by atoms with van der Waals surface area (Å²) in [4.78, 5) is 4.36. The molecule has 0 amide bonds. The van der Waals surface area contributed by atoms with E-state index in [-0.39, 0.29) is 0 Å². The maximum atomic E-state index is 5.57. The number of halogens is 1. The van der Waals surface area contributed by atoms with Gasteiger partial charge in [-0.2, -0.15) is 0 Å². The van der Waals surface area contributed by atoms with Crippen LogP contribution >= 0.6 is 15.9 Å². The molecule has 0 aliphatic heterocycles. The molecule has 0 aromatic carbocycles. The quantitative estimate of drug-likeness (QED) is 0.933. The first kappa shape index (κ1) is 11.4. The Morgan fingerprint density at radius 3 is 2.88 bits per heavy atom. The summed E-state index contributed by atoms with van der Waals surface area (Å²) in [7, 11) is 0. The van der Waals surface area contributed by atoms with E-state index in [1.165, 1.54) is 5.69 Å². The number of rotatable bonds is 4. The zero-order chi connectivity index (χ0) is 11.4. The Morgan fingerprint density at radius 1 is 1.31 bits per heavy atom. The van der Waals surface area contributed by atoms with Crippen molar-refractivity contribution >= 4 is 15.9 Å². The first-order valence-corrected chi connectivity index (χ1v) is 6.03. The summed E-state index contributed by atoms with van der Waals surface area (Å²) in [6, 6.07) is 8.18. The number of aromatic nitrogens is 2. The van der Waals surface area contributed by atoms with Crippen LogP contribution in [0.4, 0.5) is 0 Å². The largest absolute Gasteiger partial charge is 0.345 e. The topological polar surface area (TPSA) is 43.8 Å². The normalized spacial score (nSPS) is 10.6. The first-order chi connectivity index (χ1) is 7.79. The van der Waals surface area contributed by atoms with E-state index in [9.17, 15) is 0 Å². The second kappa shape index (κ2) is 5.27. The third-order valence-electron chi connectivity index (χ3n) is 2.44. The molecule has 0 atom stereocenters. The lowest BCUT2D eigenvalue weighted by Crippen LogP contribution is -2.09. The van der Waals surface area contributed by atoms with Gasteiger partial charge in [-0.25, -0.2) is 0 Å². The molecule has 0 saturated heterocycles. The van der Waals surface area contributed by atoms with Crippen molar-refractivity contribution in [2.75, 3.05) is 6.54 Å². The van der Waals surface area contributed by atoms with Gasteiger partial charge >= 0.3 is 0 Å². The van der Waals surface area contributed by atoms with E-state index in [4.69, 9.17) is 5.73 Å². The van der Waals surface area contributed by atoms with Crippen LogP contribution in [-0.4, -0.2) is 16.1 Å². The molecule has 0 radical (unpaired) electrons. The molecule has 2 aromatic heterocycles. The van der Waals surface area contributed by atoms with Gasteiger partial charge < -0.3 is 10.3 Å². The van der Waals surface area contributed by atoms with Crippen LogP contribution in [0.3, 0.4) is 0 Å². The van der Waals surface area contributed by atoms with Crippen LogP contribution in [0.2, 0.25) is 0 Å². The molecular formula is C12H14BrN3. The van der Waals surface area contributed by atoms with Crippen molar-refractivity contribution in [3.05, 3.63) is 52.5 Å². The number of nitrogens with two attached hydrogens (primary N) is 1. The fourth-order valence-electron chi connectivity index (χ4n) is 1.65. The summed E-state index contributed by atoms with van der Waals surface area (Å²) in [5.74, 6) is 0. The highest BCUT2D eigenvalue weighted by Gasteiger charge is 2.01. The third kappa shape index (κ3) is 2.71. The monoisotopic (exact) mass is 279 g/mol. The van der Waals surface area contributed by atoms with Crippen LogP contribution in [0.25, 0.3) is 0 Å². The predicted molar refractivity (Wildman–Crippen MR) is 68.2 cm³/mol. The standard InChI is InChI=1S/C12H14BrN3/c13-10-3-4-11(15-8-10)9-16-7-1-2-12(16)5-6-14/h1-4,7-8H,5-6,9,14H2. The first-order valence-electron chi connectivity index (χ1n) is 5.24. The summed E-state index contributed by atoms with van der Waals surface area (Å²) in [5.41, 5.74) is 7.88. The summed E-state index contributed by atoms with van der Waals surface area (Å²) in [6.45, 7) is 1.48. The SMILES string of the molecule is NCCc1cccn1Cc1ccc(Br)cn1. The van der Waals surface area contributed by atoms with Gasteiger partial charge in [-0.1, -0.05) is 0 Å². The Kier molecular flexibility index (Phi) is 3.74. The summed E-state index contributed by atoms with van der Waals surface area (Å²) < 4.78 is 3.19. The summed E-state index contributed by atoms with van der Waals surface area (Å²) >= 11 is 3.38. The lowest BCUT2D eigenvalue weighted by atomic mass is 10.3. The molecular weight excluding hydrogens is 266 g/mol. The van der Waals surface area contributed by atoms with Crippen molar-refractivity contribution in [3.63, 3.8) is 0 Å². The molecule has 0 aliphatic rings. The van der Waals surface area contributed by atoms with E-state index >= 15 is 0 Å². The highest BCUT2D eigenvalue weighted by atomic mass is 79.9. The third-order valence-corrected chi connectivity index (χ3v) is 2.91. The minimum absolute atomic E-state index is 0.678. The van der Waals surface area contributed by atoms with Crippen LogP contribution < -0.4 is 5.73 Å². The van der Waals surface area contributed by atoms with E-state index in [1.807, 2.05) is 24.4 Å². The Labute approximate surface area is 103 Å². The average molecular weight is 280 g/mol. The maximum Gasteiger partial charge on any atom is 0.0645 e. The molecule has 3 nitrogen and oxygen atoms in total. The van der Waals surface area contributed by atoms with E-state index in [0.717, 1.165) is 23.1 Å². The van der Waals surface area contributed by atoms with E-state index in [1.54, 1.807) is 0 Å². The molecule has 0 fully saturated rings. The number of hydrogen-bond donors (Lipinski definition) is 1. The van der Waals surface area contributed by atoms with Gasteiger partial charge in [0.25, 0.3) is 0 Å². The average Bonchev–Trinajstić information content (AvgIpc) is 2.70. The van der Waals surface area contributed by atoms with Gasteiger partial charge in [-0.15, -0.1) is 0 Å². The van der Waals surface area contributed by atoms with Gasteiger partial charge in [0.2, 0.25) is 0 Å². The van der Waals surface area contributed by atoms with Crippen LogP contribution in [-0.2, 0) is 13.0 Å². The van der Waals surface area contributed by atoms with E-state index in [2.05, 4.69) is 37.7 Å².